The molecule has 1 N–H and O–H groups in total. The van der Waals surface area contributed by atoms with Crippen molar-refractivity contribution in [2.45, 2.75) is 46.6 Å². The fourth-order valence-corrected chi connectivity index (χ4v) is 3.77. The average Bonchev–Trinajstić information content (AvgIpc) is 2.58. The van der Waals surface area contributed by atoms with Crippen LogP contribution < -0.4 is 4.74 Å². The maximum atomic E-state index is 12.5. The number of benzene rings is 1. The molecule has 0 radical (unpaired) electrons. The fraction of sp³-hybridized carbons (Fsp3) is 0.600. The van der Waals surface area contributed by atoms with Crippen molar-refractivity contribution in [2.24, 2.45) is 0 Å². The highest BCUT2D eigenvalue weighted by atomic mass is 16.5. The molecule has 6 heteroatoms. The first kappa shape index (κ1) is 20.2. The summed E-state index contributed by atoms with van der Waals surface area (Å²) in [7, 11) is 0. The molecule has 1 heterocycles. The topological polar surface area (TPSA) is 70.1 Å². The van der Waals surface area contributed by atoms with Crippen LogP contribution in [0.3, 0.4) is 0 Å². The molecule has 1 aromatic rings. The molecule has 0 unspecified atom stereocenters. The highest BCUT2D eigenvalue weighted by molar-refractivity contribution is 5.78. The fourth-order valence-electron chi connectivity index (χ4n) is 3.77. The van der Waals surface area contributed by atoms with E-state index in [1.165, 1.54) is 5.56 Å². The Kier molecular flexibility index (Phi) is 7.03. The summed E-state index contributed by atoms with van der Waals surface area (Å²) in [4.78, 5) is 27.2. The Labute approximate surface area is 155 Å². The molecule has 0 aromatic heterocycles. The van der Waals surface area contributed by atoms with E-state index in [0.717, 1.165) is 29.7 Å². The molecule has 6 nitrogen and oxygen atoms in total. The minimum atomic E-state index is -0.803. The molecule has 1 aromatic carbocycles. The van der Waals surface area contributed by atoms with Gasteiger partial charge in [-0.15, -0.1) is 0 Å². The lowest BCUT2D eigenvalue weighted by Crippen LogP contribution is -2.49. The highest BCUT2D eigenvalue weighted by Crippen LogP contribution is 2.25. The van der Waals surface area contributed by atoms with Gasteiger partial charge in [-0.05, 0) is 51.3 Å². The Morgan fingerprint density at radius 2 is 1.77 bits per heavy atom. The van der Waals surface area contributed by atoms with Crippen LogP contribution in [0.4, 0.5) is 0 Å². The van der Waals surface area contributed by atoms with Gasteiger partial charge in [-0.3, -0.25) is 14.5 Å². The molecule has 144 valence electrons. The molecule has 2 rings (SSSR count). The van der Waals surface area contributed by atoms with Crippen LogP contribution >= 0.6 is 0 Å². The second kappa shape index (κ2) is 9.03. The first-order valence-electron chi connectivity index (χ1n) is 9.26. The third-order valence-corrected chi connectivity index (χ3v) is 5.02. The number of ether oxygens (including phenoxy) is 1. The number of amides is 1. The Balaban J connectivity index is 1.86. The molecule has 0 atom stereocenters. The Morgan fingerprint density at radius 1 is 1.19 bits per heavy atom. The molecule has 0 spiro atoms. The van der Waals surface area contributed by atoms with Gasteiger partial charge in [-0.1, -0.05) is 24.6 Å². The minimum absolute atomic E-state index is 0.0101. The van der Waals surface area contributed by atoms with Crippen LogP contribution in [0.1, 0.15) is 36.5 Å². The van der Waals surface area contributed by atoms with E-state index < -0.39 is 5.97 Å². The molecule has 0 saturated carbocycles. The summed E-state index contributed by atoms with van der Waals surface area (Å²) in [6.45, 7) is 10.1. The van der Waals surface area contributed by atoms with Crippen LogP contribution in [0.5, 0.6) is 5.75 Å². The second-order valence-corrected chi connectivity index (χ2v) is 7.09. The summed E-state index contributed by atoms with van der Waals surface area (Å²) in [5.74, 6) is -0.0239. The van der Waals surface area contributed by atoms with Gasteiger partial charge in [0.2, 0.25) is 0 Å². The number of likely N-dealkylation sites (tertiary alicyclic amines) is 1. The largest absolute Gasteiger partial charge is 0.483 e. The maximum Gasteiger partial charge on any atom is 0.317 e. The van der Waals surface area contributed by atoms with Crippen molar-refractivity contribution in [3.8, 4) is 5.75 Å². The van der Waals surface area contributed by atoms with Crippen LogP contribution in [-0.4, -0.2) is 65.6 Å². The Hall–Kier alpha value is -2.08. The predicted molar refractivity (Wildman–Crippen MR) is 101 cm³/mol. The number of hydrogen-bond acceptors (Lipinski definition) is 4. The van der Waals surface area contributed by atoms with E-state index in [9.17, 15) is 9.59 Å². The van der Waals surface area contributed by atoms with Gasteiger partial charge in [-0.2, -0.15) is 0 Å². The highest BCUT2D eigenvalue weighted by Gasteiger charge is 2.27. The number of piperidine rings is 1. The third kappa shape index (κ3) is 5.21. The second-order valence-electron chi connectivity index (χ2n) is 7.09. The monoisotopic (exact) mass is 362 g/mol. The SMILES string of the molecule is CCN(CC(=O)O)C1CCN(C(=O)COc2c(C)cc(C)cc2C)CC1. The standard InChI is InChI=1S/C20H30N2O4/c1-5-21(12-19(24)25)17-6-8-22(9-7-17)18(23)13-26-20-15(3)10-14(2)11-16(20)4/h10-11,17H,5-9,12-13H2,1-4H3,(H,24,25). The number of rotatable bonds is 7. The van der Waals surface area contributed by atoms with Crippen LogP contribution in [0.15, 0.2) is 12.1 Å². The smallest absolute Gasteiger partial charge is 0.317 e. The molecular weight excluding hydrogens is 332 g/mol. The summed E-state index contributed by atoms with van der Waals surface area (Å²) < 4.78 is 5.81. The van der Waals surface area contributed by atoms with Crippen molar-refractivity contribution in [3.05, 3.63) is 28.8 Å². The molecule has 1 aliphatic rings. The first-order chi connectivity index (χ1) is 12.3. The number of carbonyl (C=O) groups is 2. The van der Waals surface area contributed by atoms with E-state index >= 15 is 0 Å². The zero-order valence-electron chi connectivity index (χ0n) is 16.2. The summed E-state index contributed by atoms with van der Waals surface area (Å²) in [6, 6.07) is 4.34. The van der Waals surface area contributed by atoms with Gasteiger partial charge in [0.05, 0.1) is 6.54 Å². The van der Waals surface area contributed by atoms with Gasteiger partial charge in [0, 0.05) is 19.1 Å². The maximum absolute atomic E-state index is 12.5. The van der Waals surface area contributed by atoms with E-state index in [4.69, 9.17) is 9.84 Å². The van der Waals surface area contributed by atoms with Gasteiger partial charge < -0.3 is 14.7 Å². The zero-order valence-corrected chi connectivity index (χ0v) is 16.2. The lowest BCUT2D eigenvalue weighted by molar-refractivity contribution is -0.140. The van der Waals surface area contributed by atoms with Crippen molar-refractivity contribution < 1.29 is 19.4 Å². The quantitative estimate of drug-likeness (QED) is 0.806. The van der Waals surface area contributed by atoms with E-state index in [0.29, 0.717) is 19.6 Å². The summed E-state index contributed by atoms with van der Waals surface area (Å²) in [5, 5.41) is 9.00. The first-order valence-corrected chi connectivity index (χ1v) is 9.26. The van der Waals surface area contributed by atoms with Crippen molar-refractivity contribution in [1.82, 2.24) is 9.80 Å². The number of nitrogens with zero attached hydrogens (tertiary/aromatic N) is 2. The van der Waals surface area contributed by atoms with Gasteiger partial charge in [0.25, 0.3) is 5.91 Å². The number of aliphatic carboxylic acids is 1. The molecule has 0 bridgehead atoms. The summed E-state index contributed by atoms with van der Waals surface area (Å²) in [6.07, 6.45) is 1.60. The van der Waals surface area contributed by atoms with Crippen LogP contribution in [0, 0.1) is 20.8 Å². The Bertz CT molecular complexity index is 628. The van der Waals surface area contributed by atoms with Crippen molar-refractivity contribution >= 4 is 11.9 Å². The number of carboxylic acid groups (broad SMARTS) is 1. The van der Waals surface area contributed by atoms with Gasteiger partial charge in [-0.25, -0.2) is 0 Å². The van der Waals surface area contributed by atoms with Gasteiger partial charge >= 0.3 is 5.97 Å². The van der Waals surface area contributed by atoms with Gasteiger partial charge in [0.1, 0.15) is 5.75 Å². The third-order valence-electron chi connectivity index (χ3n) is 5.02. The molecule has 0 aliphatic carbocycles. The lowest BCUT2D eigenvalue weighted by Gasteiger charge is -2.37. The molecule has 1 aliphatic heterocycles. The van der Waals surface area contributed by atoms with Gasteiger partial charge in [0.15, 0.2) is 6.61 Å². The average molecular weight is 362 g/mol. The number of aryl methyl sites for hydroxylation is 3. The van der Waals surface area contributed by atoms with Crippen molar-refractivity contribution in [3.63, 3.8) is 0 Å². The molecule has 1 saturated heterocycles. The molecule has 1 amide bonds. The predicted octanol–water partition coefficient (Wildman–Crippen LogP) is 2.39. The number of carbonyl (C=O) groups excluding carboxylic acids is 1. The lowest BCUT2D eigenvalue weighted by atomic mass is 10.0. The minimum Gasteiger partial charge on any atom is -0.483 e. The number of carboxylic acids is 1. The number of hydrogen-bond donors (Lipinski definition) is 1. The van der Waals surface area contributed by atoms with Crippen LogP contribution in [0.2, 0.25) is 0 Å². The zero-order chi connectivity index (χ0) is 19.3. The summed E-state index contributed by atoms with van der Waals surface area (Å²) in [5.41, 5.74) is 3.27. The van der Waals surface area contributed by atoms with E-state index in [2.05, 4.69) is 12.1 Å². The Morgan fingerprint density at radius 3 is 2.27 bits per heavy atom. The van der Waals surface area contributed by atoms with Crippen molar-refractivity contribution in [1.29, 1.82) is 0 Å². The van der Waals surface area contributed by atoms with Crippen molar-refractivity contribution in [2.75, 3.05) is 32.8 Å². The molecule has 26 heavy (non-hydrogen) atoms. The van der Waals surface area contributed by atoms with Crippen LogP contribution in [-0.2, 0) is 9.59 Å². The van der Waals surface area contributed by atoms with E-state index in [1.54, 1.807) is 0 Å². The number of likely N-dealkylation sites (N-methyl/N-ethyl adjacent to an activating group) is 1. The van der Waals surface area contributed by atoms with Crippen LogP contribution in [0.25, 0.3) is 0 Å². The van der Waals surface area contributed by atoms with E-state index in [1.807, 2.05) is 37.5 Å². The van der Waals surface area contributed by atoms with E-state index in [-0.39, 0.29) is 25.1 Å². The molecule has 1 fully saturated rings. The summed E-state index contributed by atoms with van der Waals surface area (Å²) >= 11 is 0. The normalized spacial score (nSPS) is 15.3. The molecular formula is C20H30N2O4.